The van der Waals surface area contributed by atoms with E-state index in [1.807, 2.05) is 25.5 Å². The summed E-state index contributed by atoms with van der Waals surface area (Å²) in [6.45, 7) is 4.50. The van der Waals surface area contributed by atoms with Crippen molar-refractivity contribution in [2.75, 3.05) is 7.11 Å². The first-order valence-corrected chi connectivity index (χ1v) is 6.01. The molecule has 0 radical (unpaired) electrons. The number of hydrogen-bond donors (Lipinski definition) is 0. The average molecular weight is 263 g/mol. The van der Waals surface area contributed by atoms with Gasteiger partial charge in [-0.25, -0.2) is 14.5 Å². The van der Waals surface area contributed by atoms with Crippen molar-refractivity contribution in [3.05, 3.63) is 29.6 Å². The third-order valence-electron chi connectivity index (χ3n) is 2.93. The van der Waals surface area contributed by atoms with E-state index in [0.717, 1.165) is 11.4 Å². The number of methoxy groups -OCH3 is 1. The standard InChI is InChI=1S/C12H17N5O2/c1-8(2)11-10(12(18)19-4)14-15-17(11)6-9-5-13-7-16(9)3/h5,7-8H,6H2,1-4H3. The largest absolute Gasteiger partial charge is 0.464 e. The first-order chi connectivity index (χ1) is 9.04. The summed E-state index contributed by atoms with van der Waals surface area (Å²) in [6.07, 6.45) is 3.49. The molecule has 0 unspecified atom stereocenters. The van der Waals surface area contributed by atoms with Crippen molar-refractivity contribution in [3.8, 4) is 0 Å². The first-order valence-electron chi connectivity index (χ1n) is 6.01. The summed E-state index contributed by atoms with van der Waals surface area (Å²) >= 11 is 0. The van der Waals surface area contributed by atoms with Crippen LogP contribution in [0.5, 0.6) is 0 Å². The fourth-order valence-electron chi connectivity index (χ4n) is 1.94. The molecule has 2 heterocycles. The van der Waals surface area contributed by atoms with Crippen LogP contribution in [0.2, 0.25) is 0 Å². The number of carbonyl (C=O) groups is 1. The molecule has 19 heavy (non-hydrogen) atoms. The Morgan fingerprint density at radius 2 is 2.21 bits per heavy atom. The molecule has 0 spiro atoms. The van der Waals surface area contributed by atoms with Gasteiger partial charge in [-0.1, -0.05) is 19.1 Å². The van der Waals surface area contributed by atoms with Gasteiger partial charge in [-0.3, -0.25) is 0 Å². The van der Waals surface area contributed by atoms with Crippen molar-refractivity contribution >= 4 is 5.97 Å². The predicted octanol–water partition coefficient (Wildman–Crippen LogP) is 0.970. The van der Waals surface area contributed by atoms with E-state index in [4.69, 9.17) is 4.74 Å². The maximum Gasteiger partial charge on any atom is 0.360 e. The number of ether oxygens (including phenoxy) is 1. The Balaban J connectivity index is 2.38. The monoisotopic (exact) mass is 263 g/mol. The Bertz CT molecular complexity index is 585. The van der Waals surface area contributed by atoms with E-state index in [-0.39, 0.29) is 11.6 Å². The lowest BCUT2D eigenvalue weighted by atomic mass is 10.1. The van der Waals surface area contributed by atoms with Crippen molar-refractivity contribution in [2.45, 2.75) is 26.3 Å². The van der Waals surface area contributed by atoms with E-state index in [0.29, 0.717) is 6.54 Å². The fourth-order valence-corrected chi connectivity index (χ4v) is 1.94. The molecule has 7 nitrogen and oxygen atoms in total. The average Bonchev–Trinajstić information content (AvgIpc) is 2.96. The number of esters is 1. The molecule has 0 aliphatic carbocycles. The summed E-state index contributed by atoms with van der Waals surface area (Å²) < 4.78 is 8.35. The zero-order chi connectivity index (χ0) is 14.0. The van der Waals surface area contributed by atoms with Crippen LogP contribution in [0.25, 0.3) is 0 Å². The Hall–Kier alpha value is -2.18. The van der Waals surface area contributed by atoms with Crippen LogP contribution in [0, 0.1) is 0 Å². The van der Waals surface area contributed by atoms with Crippen LogP contribution in [0.15, 0.2) is 12.5 Å². The van der Waals surface area contributed by atoms with Gasteiger partial charge >= 0.3 is 5.97 Å². The zero-order valence-electron chi connectivity index (χ0n) is 11.5. The third-order valence-corrected chi connectivity index (χ3v) is 2.93. The van der Waals surface area contributed by atoms with Gasteiger partial charge in [0.25, 0.3) is 0 Å². The molecule has 0 atom stereocenters. The van der Waals surface area contributed by atoms with Crippen molar-refractivity contribution in [3.63, 3.8) is 0 Å². The molecule has 2 rings (SSSR count). The highest BCUT2D eigenvalue weighted by atomic mass is 16.5. The topological polar surface area (TPSA) is 74.8 Å². The molecular formula is C12H17N5O2. The van der Waals surface area contributed by atoms with Crippen LogP contribution in [0.3, 0.4) is 0 Å². The van der Waals surface area contributed by atoms with E-state index >= 15 is 0 Å². The molecular weight excluding hydrogens is 246 g/mol. The number of nitrogens with zero attached hydrogens (tertiary/aromatic N) is 5. The van der Waals surface area contributed by atoms with Gasteiger partial charge in [-0.15, -0.1) is 5.10 Å². The Morgan fingerprint density at radius 1 is 1.47 bits per heavy atom. The minimum Gasteiger partial charge on any atom is -0.464 e. The quantitative estimate of drug-likeness (QED) is 0.768. The fraction of sp³-hybridized carbons (Fsp3) is 0.500. The lowest BCUT2D eigenvalue weighted by molar-refractivity contribution is 0.0592. The molecule has 7 heteroatoms. The molecule has 0 fully saturated rings. The summed E-state index contributed by atoms with van der Waals surface area (Å²) in [5.74, 6) is -0.336. The first kappa shape index (κ1) is 13.3. The third kappa shape index (κ3) is 2.49. The van der Waals surface area contributed by atoms with Gasteiger partial charge in [0.05, 0.1) is 37.6 Å². The summed E-state index contributed by atoms with van der Waals surface area (Å²) in [4.78, 5) is 15.7. The summed E-state index contributed by atoms with van der Waals surface area (Å²) in [6, 6.07) is 0. The molecule has 0 aliphatic heterocycles. The summed E-state index contributed by atoms with van der Waals surface area (Å²) in [5.41, 5.74) is 2.04. The highest BCUT2D eigenvalue weighted by Crippen LogP contribution is 2.19. The van der Waals surface area contributed by atoms with Crippen LogP contribution < -0.4 is 0 Å². The van der Waals surface area contributed by atoms with Gasteiger partial charge in [0, 0.05) is 7.05 Å². The molecule has 0 saturated carbocycles. The highest BCUT2D eigenvalue weighted by molar-refractivity contribution is 5.88. The van der Waals surface area contributed by atoms with Crippen molar-refractivity contribution in [1.82, 2.24) is 24.5 Å². The van der Waals surface area contributed by atoms with Crippen LogP contribution in [0.1, 0.15) is 41.6 Å². The predicted molar refractivity (Wildman–Crippen MR) is 67.8 cm³/mol. The number of rotatable bonds is 4. The second-order valence-electron chi connectivity index (χ2n) is 4.62. The SMILES string of the molecule is COC(=O)c1nnn(Cc2cncn2C)c1C(C)C. The lowest BCUT2D eigenvalue weighted by Gasteiger charge is -2.10. The van der Waals surface area contributed by atoms with Crippen molar-refractivity contribution in [1.29, 1.82) is 0 Å². The number of hydrogen-bond acceptors (Lipinski definition) is 5. The lowest BCUT2D eigenvalue weighted by Crippen LogP contribution is -2.13. The van der Waals surface area contributed by atoms with Gasteiger partial charge in [-0.05, 0) is 5.92 Å². The van der Waals surface area contributed by atoms with Crippen LogP contribution in [-0.2, 0) is 18.3 Å². The molecule has 0 bridgehead atoms. The van der Waals surface area contributed by atoms with E-state index in [1.165, 1.54) is 7.11 Å². The molecule has 0 amide bonds. The normalized spacial score (nSPS) is 11.0. The van der Waals surface area contributed by atoms with Crippen LogP contribution in [-0.4, -0.2) is 37.6 Å². The molecule has 0 N–H and O–H groups in total. The Kier molecular flexibility index (Phi) is 3.64. The van der Waals surface area contributed by atoms with Gasteiger partial charge in [0.15, 0.2) is 5.69 Å². The van der Waals surface area contributed by atoms with E-state index < -0.39 is 5.97 Å². The smallest absolute Gasteiger partial charge is 0.360 e. The minimum atomic E-state index is -0.458. The minimum absolute atomic E-state index is 0.123. The maximum atomic E-state index is 11.7. The highest BCUT2D eigenvalue weighted by Gasteiger charge is 2.22. The van der Waals surface area contributed by atoms with E-state index in [1.54, 1.807) is 17.2 Å². The molecule has 0 saturated heterocycles. The number of aryl methyl sites for hydroxylation is 1. The zero-order valence-corrected chi connectivity index (χ0v) is 11.5. The molecule has 2 aromatic heterocycles. The summed E-state index contributed by atoms with van der Waals surface area (Å²) in [5, 5.41) is 7.97. The molecule has 0 aromatic carbocycles. The second-order valence-corrected chi connectivity index (χ2v) is 4.62. The van der Waals surface area contributed by atoms with Crippen molar-refractivity contribution < 1.29 is 9.53 Å². The van der Waals surface area contributed by atoms with Gasteiger partial charge in [-0.2, -0.15) is 0 Å². The summed E-state index contributed by atoms with van der Waals surface area (Å²) in [7, 11) is 3.25. The Morgan fingerprint density at radius 3 is 2.74 bits per heavy atom. The molecule has 2 aromatic rings. The van der Waals surface area contributed by atoms with Gasteiger partial charge in [0.2, 0.25) is 0 Å². The Labute approximate surface area is 111 Å². The molecule has 0 aliphatic rings. The maximum absolute atomic E-state index is 11.7. The number of aromatic nitrogens is 5. The number of imidazole rings is 1. The second kappa shape index (κ2) is 5.21. The molecule has 102 valence electrons. The number of carbonyl (C=O) groups excluding carboxylic acids is 1. The van der Waals surface area contributed by atoms with E-state index in [9.17, 15) is 4.79 Å². The van der Waals surface area contributed by atoms with Gasteiger partial charge < -0.3 is 9.30 Å². The van der Waals surface area contributed by atoms with Crippen LogP contribution in [0.4, 0.5) is 0 Å². The van der Waals surface area contributed by atoms with Gasteiger partial charge in [0.1, 0.15) is 0 Å². The van der Waals surface area contributed by atoms with Crippen molar-refractivity contribution in [2.24, 2.45) is 7.05 Å². The van der Waals surface area contributed by atoms with Crippen LogP contribution >= 0.6 is 0 Å². The van der Waals surface area contributed by atoms with E-state index in [2.05, 4.69) is 15.3 Å².